The minimum absolute atomic E-state index is 0.223. The van der Waals surface area contributed by atoms with E-state index in [4.69, 9.17) is 11.6 Å². The average Bonchev–Trinajstić information content (AvgIpc) is 2.99. The zero-order valence-corrected chi connectivity index (χ0v) is 12.6. The molecule has 1 amide bonds. The Kier molecular flexibility index (Phi) is 4.08. The van der Waals surface area contributed by atoms with Crippen LogP contribution < -0.4 is 5.32 Å². The molecular formula is C12H17ClN6O. The molecule has 1 N–H and O–H groups in total. The second-order valence-corrected chi connectivity index (χ2v) is 4.88. The third kappa shape index (κ3) is 2.53. The van der Waals surface area contributed by atoms with E-state index in [0.29, 0.717) is 17.4 Å². The number of hydrogen-bond donors (Lipinski definition) is 1. The van der Waals surface area contributed by atoms with Gasteiger partial charge in [-0.15, -0.1) is 0 Å². The van der Waals surface area contributed by atoms with Crippen LogP contribution in [0.25, 0.3) is 0 Å². The van der Waals surface area contributed by atoms with Crippen LogP contribution in [0, 0.1) is 6.92 Å². The van der Waals surface area contributed by atoms with Crippen molar-refractivity contribution in [2.45, 2.75) is 33.4 Å². The Morgan fingerprint density at radius 3 is 2.80 bits per heavy atom. The van der Waals surface area contributed by atoms with Crippen LogP contribution >= 0.6 is 11.6 Å². The SMILES string of the molecule is CCn1ncnc1C(C)NC(=O)c1nn(C)c(C)c1Cl. The number of carbonyl (C=O) groups excluding carboxylic acids is 1. The minimum Gasteiger partial charge on any atom is -0.341 e. The first-order valence-electron chi connectivity index (χ1n) is 6.33. The molecule has 0 fully saturated rings. The number of hydrogen-bond acceptors (Lipinski definition) is 4. The molecular weight excluding hydrogens is 280 g/mol. The maximum atomic E-state index is 12.2. The Bertz CT molecular complexity index is 632. The molecule has 108 valence electrons. The molecule has 7 nitrogen and oxygen atoms in total. The van der Waals surface area contributed by atoms with Crippen LogP contribution in [0.2, 0.25) is 5.02 Å². The van der Waals surface area contributed by atoms with Gasteiger partial charge in [0.25, 0.3) is 5.91 Å². The average molecular weight is 297 g/mol. The fraction of sp³-hybridized carbons (Fsp3) is 0.500. The molecule has 2 heterocycles. The summed E-state index contributed by atoms with van der Waals surface area (Å²) in [6, 6.07) is -0.275. The van der Waals surface area contributed by atoms with Gasteiger partial charge in [-0.05, 0) is 20.8 Å². The summed E-state index contributed by atoms with van der Waals surface area (Å²) in [4.78, 5) is 16.4. The highest BCUT2D eigenvalue weighted by molar-refractivity contribution is 6.34. The van der Waals surface area contributed by atoms with Crippen LogP contribution in [0.3, 0.4) is 0 Å². The molecule has 0 aliphatic carbocycles. The van der Waals surface area contributed by atoms with Gasteiger partial charge in [0.05, 0.1) is 16.8 Å². The molecule has 0 radical (unpaired) electrons. The van der Waals surface area contributed by atoms with E-state index in [1.54, 1.807) is 16.4 Å². The minimum atomic E-state index is -0.322. The summed E-state index contributed by atoms with van der Waals surface area (Å²) in [7, 11) is 1.75. The number of aromatic nitrogens is 5. The number of rotatable bonds is 4. The van der Waals surface area contributed by atoms with Crippen LogP contribution in [0.1, 0.15) is 41.9 Å². The Morgan fingerprint density at radius 2 is 2.25 bits per heavy atom. The maximum Gasteiger partial charge on any atom is 0.273 e. The molecule has 0 spiro atoms. The van der Waals surface area contributed by atoms with E-state index in [-0.39, 0.29) is 17.6 Å². The van der Waals surface area contributed by atoms with Gasteiger partial charge in [-0.3, -0.25) is 9.48 Å². The number of carbonyl (C=O) groups is 1. The molecule has 0 saturated heterocycles. The Morgan fingerprint density at radius 1 is 1.55 bits per heavy atom. The summed E-state index contributed by atoms with van der Waals surface area (Å²) >= 11 is 6.10. The number of aryl methyl sites for hydroxylation is 2. The topological polar surface area (TPSA) is 77.6 Å². The normalized spacial score (nSPS) is 12.4. The quantitative estimate of drug-likeness (QED) is 0.927. The van der Waals surface area contributed by atoms with Crippen molar-refractivity contribution < 1.29 is 4.79 Å². The van der Waals surface area contributed by atoms with Crippen molar-refractivity contribution in [3.05, 3.63) is 28.6 Å². The van der Waals surface area contributed by atoms with E-state index in [0.717, 1.165) is 5.69 Å². The summed E-state index contributed by atoms with van der Waals surface area (Å²) < 4.78 is 3.31. The lowest BCUT2D eigenvalue weighted by Gasteiger charge is -2.13. The third-order valence-electron chi connectivity index (χ3n) is 3.16. The van der Waals surface area contributed by atoms with Crippen molar-refractivity contribution in [1.82, 2.24) is 29.9 Å². The molecule has 0 bridgehead atoms. The highest BCUT2D eigenvalue weighted by atomic mass is 35.5. The van der Waals surface area contributed by atoms with E-state index in [2.05, 4.69) is 20.5 Å². The highest BCUT2D eigenvalue weighted by Crippen LogP contribution is 2.20. The lowest BCUT2D eigenvalue weighted by molar-refractivity contribution is 0.0932. The van der Waals surface area contributed by atoms with E-state index >= 15 is 0 Å². The fourth-order valence-corrected chi connectivity index (χ4v) is 2.15. The van der Waals surface area contributed by atoms with Gasteiger partial charge in [0, 0.05) is 13.6 Å². The Hall–Kier alpha value is -1.89. The zero-order valence-electron chi connectivity index (χ0n) is 11.9. The summed E-state index contributed by atoms with van der Waals surface area (Å²) in [6.07, 6.45) is 1.47. The van der Waals surface area contributed by atoms with E-state index in [9.17, 15) is 4.79 Å². The molecule has 0 saturated carbocycles. The smallest absolute Gasteiger partial charge is 0.273 e. The van der Waals surface area contributed by atoms with E-state index in [1.165, 1.54) is 6.33 Å². The van der Waals surface area contributed by atoms with Crippen LogP contribution in [-0.2, 0) is 13.6 Å². The zero-order chi connectivity index (χ0) is 14.9. The molecule has 2 rings (SSSR count). The summed E-state index contributed by atoms with van der Waals surface area (Å²) in [5.74, 6) is 0.376. The van der Waals surface area contributed by atoms with Gasteiger partial charge in [-0.25, -0.2) is 9.67 Å². The standard InChI is InChI=1S/C12H17ClN6O/c1-5-19-11(14-6-15-19)7(2)16-12(20)10-9(13)8(3)18(4)17-10/h6-7H,5H2,1-4H3,(H,16,20). The van der Waals surface area contributed by atoms with Crippen LogP contribution in [-0.4, -0.2) is 30.5 Å². The Labute approximate surface area is 121 Å². The Balaban J connectivity index is 2.17. The molecule has 8 heteroatoms. The molecule has 0 aliphatic rings. The molecule has 2 aromatic heterocycles. The van der Waals surface area contributed by atoms with Gasteiger partial charge in [-0.2, -0.15) is 10.2 Å². The largest absolute Gasteiger partial charge is 0.341 e. The summed E-state index contributed by atoms with van der Waals surface area (Å²) in [5, 5.41) is 11.4. The van der Waals surface area contributed by atoms with Crippen molar-refractivity contribution in [2.75, 3.05) is 0 Å². The molecule has 1 unspecified atom stereocenters. The van der Waals surface area contributed by atoms with E-state index in [1.807, 2.05) is 20.8 Å². The van der Waals surface area contributed by atoms with Gasteiger partial charge < -0.3 is 5.32 Å². The molecule has 0 aromatic carbocycles. The first kappa shape index (κ1) is 14.5. The number of amides is 1. The lowest BCUT2D eigenvalue weighted by Crippen LogP contribution is -2.29. The van der Waals surface area contributed by atoms with Crippen molar-refractivity contribution in [3.63, 3.8) is 0 Å². The van der Waals surface area contributed by atoms with Crippen LogP contribution in [0.15, 0.2) is 6.33 Å². The monoisotopic (exact) mass is 296 g/mol. The summed E-state index contributed by atoms with van der Waals surface area (Å²) in [6.45, 7) is 6.31. The van der Waals surface area contributed by atoms with Crippen molar-refractivity contribution in [2.24, 2.45) is 7.05 Å². The third-order valence-corrected chi connectivity index (χ3v) is 3.61. The molecule has 2 aromatic rings. The van der Waals surface area contributed by atoms with Crippen molar-refractivity contribution >= 4 is 17.5 Å². The van der Waals surface area contributed by atoms with Gasteiger partial charge in [0.15, 0.2) is 5.69 Å². The second-order valence-electron chi connectivity index (χ2n) is 4.50. The lowest BCUT2D eigenvalue weighted by atomic mass is 10.2. The van der Waals surface area contributed by atoms with Crippen LogP contribution in [0.4, 0.5) is 0 Å². The molecule has 1 atom stereocenters. The second kappa shape index (κ2) is 5.62. The first-order chi connectivity index (χ1) is 9.45. The number of nitrogens with zero attached hydrogens (tertiary/aromatic N) is 5. The first-order valence-corrected chi connectivity index (χ1v) is 6.71. The van der Waals surface area contributed by atoms with Gasteiger partial charge >= 0.3 is 0 Å². The van der Waals surface area contributed by atoms with E-state index < -0.39 is 0 Å². The van der Waals surface area contributed by atoms with Crippen molar-refractivity contribution in [1.29, 1.82) is 0 Å². The van der Waals surface area contributed by atoms with Gasteiger partial charge in [-0.1, -0.05) is 11.6 Å². The predicted molar refractivity (Wildman–Crippen MR) is 74.5 cm³/mol. The maximum absolute atomic E-state index is 12.2. The number of nitrogens with one attached hydrogen (secondary N) is 1. The predicted octanol–water partition coefficient (Wildman–Crippen LogP) is 1.48. The van der Waals surface area contributed by atoms with Gasteiger partial charge in [0.2, 0.25) is 0 Å². The van der Waals surface area contributed by atoms with Crippen LogP contribution in [0.5, 0.6) is 0 Å². The fourth-order valence-electron chi connectivity index (χ4n) is 1.91. The molecule has 0 aliphatic heterocycles. The number of halogens is 1. The molecule has 20 heavy (non-hydrogen) atoms. The highest BCUT2D eigenvalue weighted by Gasteiger charge is 2.21. The summed E-state index contributed by atoms with van der Waals surface area (Å²) in [5.41, 5.74) is 0.974. The van der Waals surface area contributed by atoms with Crippen molar-refractivity contribution in [3.8, 4) is 0 Å². The van der Waals surface area contributed by atoms with Gasteiger partial charge in [0.1, 0.15) is 12.2 Å².